The average Bonchev–Trinajstić information content (AvgIpc) is 3.36. The summed E-state index contributed by atoms with van der Waals surface area (Å²) in [7, 11) is 0. The van der Waals surface area contributed by atoms with Gasteiger partial charge in [0, 0.05) is 51.0 Å². The molecule has 1 fully saturated rings. The van der Waals surface area contributed by atoms with Crippen LogP contribution in [0.15, 0.2) is 65.7 Å². The van der Waals surface area contributed by atoms with Gasteiger partial charge in [0.2, 0.25) is 0 Å². The van der Waals surface area contributed by atoms with Crippen molar-refractivity contribution in [2.24, 2.45) is 4.99 Å². The quantitative estimate of drug-likeness (QED) is 0.394. The molecule has 2 aliphatic heterocycles. The van der Waals surface area contributed by atoms with Gasteiger partial charge >= 0.3 is 0 Å². The van der Waals surface area contributed by atoms with Gasteiger partial charge < -0.3 is 15.5 Å². The minimum atomic E-state index is 0.475. The Bertz CT molecular complexity index is 919. The molecule has 1 saturated heterocycles. The van der Waals surface area contributed by atoms with Crippen molar-refractivity contribution in [2.45, 2.75) is 45.8 Å². The van der Waals surface area contributed by atoms with E-state index in [-0.39, 0.29) is 0 Å². The Morgan fingerprint density at radius 1 is 1.03 bits per heavy atom. The van der Waals surface area contributed by atoms with Gasteiger partial charge in [-0.3, -0.25) is 4.90 Å². The molecule has 5 nitrogen and oxygen atoms in total. The molecular formula is C27H37N5. The van der Waals surface area contributed by atoms with Gasteiger partial charge in [-0.1, -0.05) is 48.6 Å². The summed E-state index contributed by atoms with van der Waals surface area (Å²) in [5.74, 6) is 0.929. The van der Waals surface area contributed by atoms with Crippen molar-refractivity contribution in [3.05, 3.63) is 77.4 Å². The highest BCUT2D eigenvalue weighted by atomic mass is 15.2. The van der Waals surface area contributed by atoms with Crippen molar-refractivity contribution in [1.29, 1.82) is 0 Å². The van der Waals surface area contributed by atoms with Gasteiger partial charge in [-0.25, -0.2) is 4.99 Å². The van der Waals surface area contributed by atoms with E-state index in [0.29, 0.717) is 12.6 Å². The second kappa shape index (κ2) is 11.2. The minimum absolute atomic E-state index is 0.475. The Labute approximate surface area is 193 Å². The third-order valence-corrected chi connectivity index (χ3v) is 6.44. The predicted octanol–water partition coefficient (Wildman–Crippen LogP) is 4.09. The fraction of sp³-hybridized carbons (Fsp3) is 0.444. The topological polar surface area (TPSA) is 42.9 Å². The third kappa shape index (κ3) is 6.13. The summed E-state index contributed by atoms with van der Waals surface area (Å²) in [5.41, 5.74) is 5.36. The molecule has 0 radical (unpaired) electrons. The van der Waals surface area contributed by atoms with Gasteiger partial charge in [-0.2, -0.15) is 0 Å². The minimum Gasteiger partial charge on any atom is -0.364 e. The molecular weight excluding hydrogens is 394 g/mol. The van der Waals surface area contributed by atoms with Crippen molar-refractivity contribution in [1.82, 2.24) is 15.5 Å². The van der Waals surface area contributed by atoms with E-state index >= 15 is 0 Å². The molecule has 0 spiro atoms. The number of hydrogen-bond acceptors (Lipinski definition) is 3. The van der Waals surface area contributed by atoms with Crippen LogP contribution in [0.5, 0.6) is 0 Å². The van der Waals surface area contributed by atoms with Crippen LogP contribution in [0.3, 0.4) is 0 Å². The lowest BCUT2D eigenvalue weighted by atomic mass is 10.0. The number of rotatable bonds is 7. The standard InChI is InChI=1S/C27H37N5/c1-3-28-27(29-20-23-10-8-12-26(19-23)32-15-6-7-16-32)30-25-13-17-31(18-14-25)21-24-11-5-4-9-22(24)2/h4-12,19,25H,3,13-18,20-21H2,1-2H3,(H2,28,29,30). The molecule has 0 amide bonds. The maximum Gasteiger partial charge on any atom is 0.191 e. The molecule has 2 N–H and O–H groups in total. The second-order valence-electron chi connectivity index (χ2n) is 8.86. The van der Waals surface area contributed by atoms with Crippen molar-refractivity contribution < 1.29 is 0 Å². The summed E-state index contributed by atoms with van der Waals surface area (Å²) < 4.78 is 0. The van der Waals surface area contributed by atoms with Crippen LogP contribution < -0.4 is 15.5 Å². The molecule has 4 rings (SSSR count). The molecule has 32 heavy (non-hydrogen) atoms. The van der Waals surface area contributed by atoms with Gasteiger partial charge in [0.25, 0.3) is 0 Å². The van der Waals surface area contributed by atoms with Crippen molar-refractivity contribution in [2.75, 3.05) is 37.6 Å². The summed E-state index contributed by atoms with van der Waals surface area (Å²) in [5, 5.41) is 7.12. The van der Waals surface area contributed by atoms with Crippen LogP contribution in [-0.4, -0.2) is 49.6 Å². The van der Waals surface area contributed by atoms with Gasteiger partial charge in [-0.15, -0.1) is 0 Å². The van der Waals surface area contributed by atoms with E-state index in [0.717, 1.165) is 58.1 Å². The van der Waals surface area contributed by atoms with E-state index < -0.39 is 0 Å². The first kappa shape index (κ1) is 22.4. The molecule has 0 unspecified atom stereocenters. The number of nitrogens with zero attached hydrogens (tertiary/aromatic N) is 3. The predicted molar refractivity (Wildman–Crippen MR) is 135 cm³/mol. The second-order valence-corrected chi connectivity index (χ2v) is 8.86. The maximum atomic E-state index is 4.89. The summed E-state index contributed by atoms with van der Waals surface area (Å²) in [6.45, 7) is 11.2. The zero-order chi connectivity index (χ0) is 22.2. The number of hydrogen-bond donors (Lipinski definition) is 2. The first-order valence-electron chi connectivity index (χ1n) is 12.0. The van der Waals surface area contributed by atoms with Crippen LogP contribution in [-0.2, 0) is 13.1 Å². The van der Waals surface area contributed by atoms with Crippen molar-refractivity contribution in [3.63, 3.8) is 0 Å². The molecule has 0 atom stereocenters. The van der Waals surface area contributed by atoms with Crippen LogP contribution >= 0.6 is 0 Å². The third-order valence-electron chi connectivity index (χ3n) is 6.44. The van der Waals surface area contributed by atoms with Gasteiger partial charge in [0.1, 0.15) is 0 Å². The number of nitrogens with one attached hydrogen (secondary N) is 2. The van der Waals surface area contributed by atoms with E-state index in [9.17, 15) is 0 Å². The molecule has 5 heteroatoms. The molecule has 2 aromatic rings. The van der Waals surface area contributed by atoms with Crippen LogP contribution in [0.25, 0.3) is 0 Å². The molecule has 0 saturated carbocycles. The van der Waals surface area contributed by atoms with E-state index in [1.165, 1.54) is 22.4 Å². The molecule has 0 aliphatic carbocycles. The molecule has 2 aliphatic rings. The normalized spacial score (nSPS) is 17.7. The highest BCUT2D eigenvalue weighted by molar-refractivity contribution is 5.80. The van der Waals surface area contributed by atoms with E-state index in [1.807, 2.05) is 0 Å². The molecule has 2 aromatic carbocycles. The number of anilines is 1. The van der Waals surface area contributed by atoms with Crippen LogP contribution in [0, 0.1) is 6.92 Å². The summed E-state index contributed by atoms with van der Waals surface area (Å²) >= 11 is 0. The molecule has 0 aromatic heterocycles. The number of aryl methyl sites for hydroxylation is 1. The molecule has 170 valence electrons. The number of aliphatic imine (C=N–C) groups is 1. The van der Waals surface area contributed by atoms with E-state index in [1.54, 1.807) is 0 Å². The number of benzene rings is 2. The lowest BCUT2D eigenvalue weighted by Crippen LogP contribution is -2.48. The highest BCUT2D eigenvalue weighted by Gasteiger charge is 2.20. The van der Waals surface area contributed by atoms with Crippen molar-refractivity contribution >= 4 is 11.6 Å². The van der Waals surface area contributed by atoms with Crippen LogP contribution in [0.2, 0.25) is 0 Å². The Kier molecular flexibility index (Phi) is 7.83. The fourth-order valence-electron chi connectivity index (χ4n) is 4.49. The Morgan fingerprint density at radius 3 is 2.56 bits per heavy atom. The van der Waals surface area contributed by atoms with E-state index in [4.69, 9.17) is 4.99 Å². The largest absolute Gasteiger partial charge is 0.364 e. The average molecular weight is 432 g/mol. The smallest absolute Gasteiger partial charge is 0.191 e. The maximum absolute atomic E-state index is 4.89. The fourth-order valence-corrected chi connectivity index (χ4v) is 4.49. The van der Waals surface area contributed by atoms with Gasteiger partial charge in [0.15, 0.2) is 5.96 Å². The Balaban J connectivity index is 1.29. The van der Waals surface area contributed by atoms with Crippen molar-refractivity contribution in [3.8, 4) is 0 Å². The van der Waals surface area contributed by atoms with E-state index in [2.05, 4.69) is 95.0 Å². The molecule has 2 heterocycles. The van der Waals surface area contributed by atoms with Gasteiger partial charge in [0.05, 0.1) is 6.54 Å². The number of guanidine groups is 1. The zero-order valence-corrected chi connectivity index (χ0v) is 19.6. The zero-order valence-electron chi connectivity index (χ0n) is 19.6. The first-order valence-corrected chi connectivity index (χ1v) is 12.0. The lowest BCUT2D eigenvalue weighted by molar-refractivity contribution is 0.198. The summed E-state index contributed by atoms with van der Waals surface area (Å²) in [6, 6.07) is 18.0. The number of piperidine rings is 1. The summed E-state index contributed by atoms with van der Waals surface area (Å²) in [6.07, 6.45) is 6.75. The Hall–Kier alpha value is -2.79. The van der Waals surface area contributed by atoms with Crippen LogP contribution in [0.1, 0.15) is 36.5 Å². The first-order chi connectivity index (χ1) is 15.7. The van der Waals surface area contributed by atoms with Crippen LogP contribution in [0.4, 0.5) is 5.69 Å². The van der Waals surface area contributed by atoms with Gasteiger partial charge in [-0.05, 0) is 55.5 Å². The monoisotopic (exact) mass is 431 g/mol. The highest BCUT2D eigenvalue weighted by Crippen LogP contribution is 2.19. The SMILES string of the molecule is CCNC(=NCc1cccc(N2CC=CC2)c1)NC1CCN(Cc2ccccc2C)CC1. The Morgan fingerprint density at radius 2 is 1.81 bits per heavy atom. The number of likely N-dealkylation sites (tertiary alicyclic amines) is 1. The summed E-state index contributed by atoms with van der Waals surface area (Å²) in [4.78, 5) is 9.84. The molecule has 0 bridgehead atoms. The lowest BCUT2D eigenvalue weighted by Gasteiger charge is -2.33.